The number of anilines is 1. The molecule has 0 bridgehead atoms. The number of amides is 1. The summed E-state index contributed by atoms with van der Waals surface area (Å²) in [4.78, 5) is 17.0. The minimum absolute atomic E-state index is 0.105. The SMILES string of the molecule is Cc1nccn1Cc1ccc(NC(=O)c2cccc(S(=O)(=O)N3CCOCC3)c2)cc1. The number of nitrogens with zero attached hydrogens (tertiary/aromatic N) is 3. The molecule has 3 aromatic rings. The van der Waals surface area contributed by atoms with E-state index in [0.717, 1.165) is 11.4 Å². The summed E-state index contributed by atoms with van der Waals surface area (Å²) >= 11 is 0. The van der Waals surface area contributed by atoms with E-state index in [9.17, 15) is 13.2 Å². The number of nitrogens with one attached hydrogen (secondary N) is 1. The Bertz CT molecular complexity index is 1170. The summed E-state index contributed by atoms with van der Waals surface area (Å²) in [5.41, 5.74) is 2.00. The van der Waals surface area contributed by atoms with Crippen molar-refractivity contribution in [3.8, 4) is 0 Å². The van der Waals surface area contributed by atoms with Gasteiger partial charge in [-0.15, -0.1) is 0 Å². The normalized spacial score (nSPS) is 15.0. The highest BCUT2D eigenvalue weighted by Gasteiger charge is 2.26. The highest BCUT2D eigenvalue weighted by molar-refractivity contribution is 7.89. The molecular weight excluding hydrogens is 416 g/mol. The van der Waals surface area contributed by atoms with Gasteiger partial charge in [-0.1, -0.05) is 18.2 Å². The molecular formula is C22H24N4O4S. The fourth-order valence-corrected chi connectivity index (χ4v) is 4.85. The largest absolute Gasteiger partial charge is 0.379 e. The summed E-state index contributed by atoms with van der Waals surface area (Å²) in [6.45, 7) is 4.00. The molecule has 8 nitrogen and oxygen atoms in total. The topological polar surface area (TPSA) is 93.5 Å². The number of ether oxygens (including phenoxy) is 1. The summed E-state index contributed by atoms with van der Waals surface area (Å²) in [5.74, 6) is 0.571. The van der Waals surface area contributed by atoms with E-state index < -0.39 is 10.0 Å². The van der Waals surface area contributed by atoms with Crippen LogP contribution < -0.4 is 5.32 Å². The number of hydrogen-bond donors (Lipinski definition) is 1. The predicted molar refractivity (Wildman–Crippen MR) is 116 cm³/mol. The van der Waals surface area contributed by atoms with Gasteiger partial charge < -0.3 is 14.6 Å². The fourth-order valence-electron chi connectivity index (χ4n) is 3.40. The highest BCUT2D eigenvalue weighted by Crippen LogP contribution is 2.19. The van der Waals surface area contributed by atoms with Gasteiger partial charge in [0.25, 0.3) is 5.91 Å². The molecule has 0 aliphatic carbocycles. The van der Waals surface area contributed by atoms with Crippen LogP contribution in [-0.4, -0.2) is 54.5 Å². The molecule has 4 rings (SSSR count). The van der Waals surface area contributed by atoms with Crippen LogP contribution in [-0.2, 0) is 21.3 Å². The van der Waals surface area contributed by atoms with Crippen molar-refractivity contribution in [1.29, 1.82) is 0 Å². The van der Waals surface area contributed by atoms with Crippen LogP contribution in [0.5, 0.6) is 0 Å². The van der Waals surface area contributed by atoms with Crippen molar-refractivity contribution in [3.63, 3.8) is 0 Å². The lowest BCUT2D eigenvalue weighted by atomic mass is 10.2. The molecule has 1 saturated heterocycles. The van der Waals surface area contributed by atoms with E-state index in [1.807, 2.05) is 42.0 Å². The van der Waals surface area contributed by atoms with Crippen molar-refractivity contribution in [2.75, 3.05) is 31.6 Å². The van der Waals surface area contributed by atoms with Crippen LogP contribution in [0.3, 0.4) is 0 Å². The number of carbonyl (C=O) groups excluding carboxylic acids is 1. The third kappa shape index (κ3) is 4.84. The van der Waals surface area contributed by atoms with E-state index in [2.05, 4.69) is 10.3 Å². The molecule has 1 amide bonds. The zero-order valence-electron chi connectivity index (χ0n) is 17.2. The molecule has 0 unspecified atom stereocenters. The van der Waals surface area contributed by atoms with E-state index in [4.69, 9.17) is 4.74 Å². The molecule has 2 heterocycles. The Hall–Kier alpha value is -3.01. The maximum atomic E-state index is 12.8. The van der Waals surface area contributed by atoms with Crippen LogP contribution >= 0.6 is 0 Å². The second-order valence-electron chi connectivity index (χ2n) is 7.30. The molecule has 1 fully saturated rings. The molecule has 0 spiro atoms. The molecule has 1 aliphatic heterocycles. The molecule has 0 radical (unpaired) electrons. The number of aryl methyl sites for hydroxylation is 1. The maximum Gasteiger partial charge on any atom is 0.255 e. The third-order valence-electron chi connectivity index (χ3n) is 5.19. The summed E-state index contributed by atoms with van der Waals surface area (Å²) in [6.07, 6.45) is 3.68. The molecule has 0 saturated carbocycles. The summed E-state index contributed by atoms with van der Waals surface area (Å²) in [7, 11) is -3.66. The number of benzene rings is 2. The highest BCUT2D eigenvalue weighted by atomic mass is 32.2. The van der Waals surface area contributed by atoms with E-state index >= 15 is 0 Å². The summed E-state index contributed by atoms with van der Waals surface area (Å²) in [5, 5.41) is 2.83. The third-order valence-corrected chi connectivity index (χ3v) is 7.09. The van der Waals surface area contributed by atoms with Gasteiger partial charge in [0.1, 0.15) is 5.82 Å². The smallest absolute Gasteiger partial charge is 0.255 e. The average molecular weight is 441 g/mol. The van der Waals surface area contributed by atoms with Gasteiger partial charge in [0.05, 0.1) is 18.1 Å². The lowest BCUT2D eigenvalue weighted by Crippen LogP contribution is -2.40. The first-order valence-electron chi connectivity index (χ1n) is 9.99. The maximum absolute atomic E-state index is 12.8. The van der Waals surface area contributed by atoms with Crippen LogP contribution in [0.1, 0.15) is 21.7 Å². The summed E-state index contributed by atoms with van der Waals surface area (Å²) < 4.78 is 34.3. The molecule has 1 N–H and O–H groups in total. The van der Waals surface area contributed by atoms with Gasteiger partial charge in [-0.3, -0.25) is 4.79 Å². The van der Waals surface area contributed by atoms with Crippen LogP contribution in [0.15, 0.2) is 65.8 Å². The lowest BCUT2D eigenvalue weighted by Gasteiger charge is -2.26. The van der Waals surface area contributed by atoms with Crippen LogP contribution in [0, 0.1) is 6.92 Å². The molecule has 162 valence electrons. The Morgan fingerprint density at radius 3 is 2.55 bits per heavy atom. The van der Waals surface area contributed by atoms with Gasteiger partial charge in [-0.25, -0.2) is 13.4 Å². The van der Waals surface area contributed by atoms with Crippen molar-refractivity contribution < 1.29 is 17.9 Å². The second kappa shape index (κ2) is 9.01. The molecule has 2 aromatic carbocycles. The summed E-state index contributed by atoms with van der Waals surface area (Å²) in [6, 6.07) is 13.6. The number of carbonyl (C=O) groups is 1. The van der Waals surface area contributed by atoms with Gasteiger partial charge in [0, 0.05) is 43.3 Å². The Morgan fingerprint density at radius 2 is 1.87 bits per heavy atom. The second-order valence-corrected chi connectivity index (χ2v) is 9.24. The first-order valence-corrected chi connectivity index (χ1v) is 11.4. The van der Waals surface area contributed by atoms with Crippen LogP contribution in [0.4, 0.5) is 5.69 Å². The van der Waals surface area contributed by atoms with E-state index in [-0.39, 0.29) is 16.4 Å². The number of sulfonamides is 1. The molecule has 9 heteroatoms. The van der Waals surface area contributed by atoms with E-state index in [1.165, 1.54) is 16.4 Å². The monoisotopic (exact) mass is 440 g/mol. The van der Waals surface area contributed by atoms with Crippen molar-refractivity contribution in [1.82, 2.24) is 13.9 Å². The van der Waals surface area contributed by atoms with Crippen molar-refractivity contribution in [3.05, 3.63) is 77.9 Å². The quantitative estimate of drug-likeness (QED) is 0.636. The predicted octanol–water partition coefficient (Wildman–Crippen LogP) is 2.51. The van der Waals surface area contributed by atoms with E-state index in [1.54, 1.807) is 18.3 Å². The van der Waals surface area contributed by atoms with E-state index in [0.29, 0.717) is 38.5 Å². The van der Waals surface area contributed by atoms with Crippen molar-refractivity contribution in [2.45, 2.75) is 18.4 Å². The Kier molecular flexibility index (Phi) is 6.17. The Morgan fingerprint density at radius 1 is 1.13 bits per heavy atom. The van der Waals surface area contributed by atoms with Crippen LogP contribution in [0.2, 0.25) is 0 Å². The minimum atomic E-state index is -3.66. The zero-order chi connectivity index (χ0) is 21.8. The first-order chi connectivity index (χ1) is 14.9. The molecule has 1 aliphatic rings. The average Bonchev–Trinajstić information content (AvgIpc) is 3.20. The number of aromatic nitrogens is 2. The lowest BCUT2D eigenvalue weighted by molar-refractivity contribution is 0.0730. The Labute approximate surface area is 181 Å². The van der Waals surface area contributed by atoms with Crippen molar-refractivity contribution >= 4 is 21.6 Å². The van der Waals surface area contributed by atoms with Gasteiger partial charge >= 0.3 is 0 Å². The van der Waals surface area contributed by atoms with Crippen LogP contribution in [0.25, 0.3) is 0 Å². The molecule has 1 aromatic heterocycles. The molecule has 0 atom stereocenters. The minimum Gasteiger partial charge on any atom is -0.379 e. The van der Waals surface area contributed by atoms with Gasteiger partial charge in [-0.2, -0.15) is 4.31 Å². The standard InChI is InChI=1S/C22H24N4O4S/c1-17-23-9-10-25(17)16-18-5-7-20(8-6-18)24-22(27)19-3-2-4-21(15-19)31(28,29)26-11-13-30-14-12-26/h2-10,15H,11-14,16H2,1H3,(H,24,27). The van der Waals surface area contributed by atoms with Gasteiger partial charge in [0.15, 0.2) is 0 Å². The number of rotatable bonds is 6. The van der Waals surface area contributed by atoms with Gasteiger partial charge in [-0.05, 0) is 42.8 Å². The number of imidazole rings is 1. The molecule has 31 heavy (non-hydrogen) atoms. The Balaban J connectivity index is 1.45. The first kappa shape index (κ1) is 21.2. The zero-order valence-corrected chi connectivity index (χ0v) is 18.0. The number of hydrogen-bond acceptors (Lipinski definition) is 5. The van der Waals surface area contributed by atoms with Crippen molar-refractivity contribution in [2.24, 2.45) is 0 Å². The fraction of sp³-hybridized carbons (Fsp3) is 0.273. The van der Waals surface area contributed by atoms with Gasteiger partial charge in [0.2, 0.25) is 10.0 Å². The number of morpholine rings is 1.